The number of primary amides is 1. The number of fused-ring (bicyclic) bond motifs is 2. The van der Waals surface area contributed by atoms with Crippen LogP contribution in [0.3, 0.4) is 0 Å². The summed E-state index contributed by atoms with van der Waals surface area (Å²) < 4.78 is 19.2. The average molecular weight is 1020 g/mol. The molecule has 21 heteroatoms. The molecule has 5 aliphatic heterocycles. The summed E-state index contributed by atoms with van der Waals surface area (Å²) in [5, 5.41) is 13.5. The number of nitrogens with one attached hydrogen (secondary N) is 3. The first-order chi connectivity index (χ1) is 35.0. The topological polar surface area (TPSA) is 240 Å². The number of likely N-dealkylation sites (tertiary alicyclic amines) is 1. The number of ether oxygens (including phenoxy) is 3. The number of nitrogens with zero attached hydrogens (tertiary/aromatic N) is 6. The van der Waals surface area contributed by atoms with Gasteiger partial charge in [0.1, 0.15) is 41.2 Å². The third-order valence-electron chi connectivity index (χ3n) is 14.2. The Morgan fingerprint density at radius 2 is 1.51 bits per heavy atom. The normalized spacial score (nSPS) is 19.2. The first-order valence-corrected chi connectivity index (χ1v) is 25.0. The minimum atomic E-state index is -0.994. The maximum atomic E-state index is 13.3. The molecule has 20 nitrogen and oxygen atoms in total. The third-order valence-corrected chi connectivity index (χ3v) is 14.2. The molecular formula is C52H64N10O10S. The Balaban J connectivity index is 0.00000711. The number of piperazine rings is 1. The van der Waals surface area contributed by atoms with Crippen LogP contribution in [0.1, 0.15) is 88.5 Å². The second-order valence-corrected chi connectivity index (χ2v) is 18.8. The minimum Gasteiger partial charge on any atom is -0.457 e. The number of hydrogen-bond acceptors (Lipinski definition) is 14. The van der Waals surface area contributed by atoms with E-state index in [0.717, 1.165) is 86.7 Å². The van der Waals surface area contributed by atoms with Crippen LogP contribution in [-0.2, 0) is 28.7 Å². The van der Waals surface area contributed by atoms with Gasteiger partial charge in [-0.1, -0.05) is 18.2 Å². The Hall–Kier alpha value is -6.81. The van der Waals surface area contributed by atoms with Gasteiger partial charge in [-0.15, -0.1) is 0 Å². The first kappa shape index (κ1) is 52.5. The van der Waals surface area contributed by atoms with Crippen LogP contribution in [0.4, 0.5) is 11.5 Å². The van der Waals surface area contributed by atoms with E-state index >= 15 is 0 Å². The fourth-order valence-electron chi connectivity index (χ4n) is 10.3. The summed E-state index contributed by atoms with van der Waals surface area (Å²) in [7, 11) is 0. The van der Waals surface area contributed by atoms with Gasteiger partial charge in [-0.25, -0.2) is 4.68 Å². The van der Waals surface area contributed by atoms with Gasteiger partial charge in [0.05, 0.1) is 37.0 Å². The summed E-state index contributed by atoms with van der Waals surface area (Å²) in [5.74, 6) is -0.430. The van der Waals surface area contributed by atoms with Crippen LogP contribution in [-0.4, -0.2) is 157 Å². The van der Waals surface area contributed by atoms with Gasteiger partial charge in [-0.2, -0.15) is 18.6 Å². The second-order valence-electron chi connectivity index (χ2n) is 18.8. The van der Waals surface area contributed by atoms with Gasteiger partial charge < -0.3 is 40.4 Å². The smallest absolute Gasteiger partial charge is 0.262 e. The molecule has 73 heavy (non-hydrogen) atoms. The molecule has 3 aromatic carbocycles. The van der Waals surface area contributed by atoms with Crippen molar-refractivity contribution in [1.29, 1.82) is 0 Å². The summed E-state index contributed by atoms with van der Waals surface area (Å²) in [4.78, 5) is 96.0. The van der Waals surface area contributed by atoms with Crippen LogP contribution in [0.2, 0.25) is 0 Å². The molecule has 0 bridgehead atoms. The number of rotatable bonds is 20. The molecule has 0 radical (unpaired) electrons. The quantitative estimate of drug-likeness (QED) is 0.0730. The number of imide groups is 2. The first-order valence-electron chi connectivity index (χ1n) is 25.0. The van der Waals surface area contributed by atoms with E-state index in [4.69, 9.17) is 25.0 Å². The predicted molar refractivity (Wildman–Crippen MR) is 275 cm³/mol. The van der Waals surface area contributed by atoms with Crippen molar-refractivity contribution in [3.63, 3.8) is 0 Å². The van der Waals surface area contributed by atoms with Crippen LogP contribution in [0, 0.1) is 5.92 Å². The lowest BCUT2D eigenvalue weighted by Crippen LogP contribution is -2.54. The molecule has 1 unspecified atom stereocenters. The highest BCUT2D eigenvalue weighted by Gasteiger charge is 2.45. The summed E-state index contributed by atoms with van der Waals surface area (Å²) in [6.45, 7) is 7.08. The molecule has 0 saturated carbocycles. The molecule has 0 aliphatic carbocycles. The molecule has 3 saturated heterocycles. The average Bonchev–Trinajstić information content (AvgIpc) is 3.91. The van der Waals surface area contributed by atoms with Crippen molar-refractivity contribution in [3.8, 4) is 22.8 Å². The maximum Gasteiger partial charge on any atom is 0.262 e. The van der Waals surface area contributed by atoms with Crippen molar-refractivity contribution in [2.45, 2.75) is 63.5 Å². The van der Waals surface area contributed by atoms with E-state index in [1.807, 2.05) is 70.2 Å². The molecule has 388 valence electrons. The molecule has 6 heterocycles. The Labute approximate surface area is 430 Å². The fourth-order valence-corrected chi connectivity index (χ4v) is 10.3. The summed E-state index contributed by atoms with van der Waals surface area (Å²) in [5.41, 5.74) is 8.97. The van der Waals surface area contributed by atoms with Crippen LogP contribution >= 0.6 is 13.5 Å². The lowest BCUT2D eigenvalue weighted by molar-refractivity contribution is -0.138. The maximum absolute atomic E-state index is 13.3. The number of anilines is 2. The van der Waals surface area contributed by atoms with Crippen LogP contribution in [0.5, 0.6) is 11.5 Å². The van der Waals surface area contributed by atoms with Gasteiger partial charge in [0.25, 0.3) is 17.7 Å². The zero-order valence-corrected chi connectivity index (χ0v) is 41.9. The minimum absolute atomic E-state index is 0. The Kier molecular flexibility index (Phi) is 17.5. The van der Waals surface area contributed by atoms with Crippen molar-refractivity contribution in [3.05, 3.63) is 89.5 Å². The number of unbranched alkanes of at least 4 members (excludes halogenated alkanes) is 1. The number of nitrogens with two attached hydrogens (primary N) is 1. The van der Waals surface area contributed by atoms with E-state index in [1.54, 1.807) is 12.1 Å². The Bertz CT molecular complexity index is 2650. The predicted octanol–water partition coefficient (Wildman–Crippen LogP) is 3.69. The van der Waals surface area contributed by atoms with Crippen LogP contribution in [0.15, 0.2) is 72.8 Å². The molecule has 0 spiro atoms. The van der Waals surface area contributed by atoms with E-state index in [1.165, 1.54) is 0 Å². The zero-order valence-electron chi connectivity index (χ0n) is 40.9. The molecule has 7 amide bonds. The zero-order chi connectivity index (χ0) is 50.1. The highest BCUT2D eigenvalue weighted by Crippen LogP contribution is 2.40. The molecular weight excluding hydrogens is 957 g/mol. The summed E-state index contributed by atoms with van der Waals surface area (Å²) in [6, 6.07) is 21.2. The van der Waals surface area contributed by atoms with Crippen LogP contribution in [0.25, 0.3) is 11.3 Å². The number of hydrogen-bond donors (Lipinski definition) is 4. The van der Waals surface area contributed by atoms with Crippen molar-refractivity contribution in [2.75, 3.05) is 95.5 Å². The van der Waals surface area contributed by atoms with Crippen molar-refractivity contribution >= 4 is 66.4 Å². The van der Waals surface area contributed by atoms with Gasteiger partial charge in [-0.05, 0) is 106 Å². The number of aromatic nitrogens is 2. The largest absolute Gasteiger partial charge is 0.457 e. The van der Waals surface area contributed by atoms with Crippen LogP contribution < -0.4 is 31.3 Å². The van der Waals surface area contributed by atoms with Crippen molar-refractivity contribution in [1.82, 2.24) is 35.1 Å². The van der Waals surface area contributed by atoms with Gasteiger partial charge in [0.2, 0.25) is 23.6 Å². The Morgan fingerprint density at radius 3 is 2.25 bits per heavy atom. The number of benzene rings is 3. The number of carbonyl (C=O) groups is 7. The van der Waals surface area contributed by atoms with Gasteiger partial charge >= 0.3 is 0 Å². The summed E-state index contributed by atoms with van der Waals surface area (Å²) in [6.07, 6.45) is 4.65. The summed E-state index contributed by atoms with van der Waals surface area (Å²) >= 11 is 0. The molecule has 3 fully saturated rings. The van der Waals surface area contributed by atoms with E-state index < -0.39 is 35.6 Å². The molecule has 1 aromatic heterocycles. The number of carbonyl (C=O) groups excluding carboxylic acids is 7. The van der Waals surface area contributed by atoms with Gasteiger partial charge in [0.15, 0.2) is 0 Å². The fraction of sp³-hybridized carbons (Fsp3) is 0.462. The van der Waals surface area contributed by atoms with Gasteiger partial charge in [0, 0.05) is 76.5 Å². The molecule has 5 N–H and O–H groups in total. The second kappa shape index (κ2) is 24.3. The molecule has 9 rings (SSSR count). The van der Waals surface area contributed by atoms with Gasteiger partial charge in [-0.3, -0.25) is 48.7 Å². The third kappa shape index (κ3) is 12.3. The van der Waals surface area contributed by atoms with Crippen molar-refractivity contribution < 1.29 is 47.8 Å². The SMILES string of the molecule is NC(=O)c1c(-c2ccc(Oc3ccccc3)cc2)nn2c1NCC[C@H]2C1CCN(C(=O)COCCOCCNC(=O)CCCCN2CCN(c3ccc4c(c3)C(=O)N(C3CCC(=O)NC3=O)C4=O)CC2)CC1.S. The Morgan fingerprint density at radius 1 is 0.781 bits per heavy atom. The molecule has 4 aromatic rings. The van der Waals surface area contributed by atoms with E-state index in [9.17, 15) is 33.6 Å². The number of amides is 7. The van der Waals surface area contributed by atoms with E-state index in [0.29, 0.717) is 68.6 Å². The highest BCUT2D eigenvalue weighted by atomic mass is 32.1. The molecule has 5 aliphatic rings. The monoisotopic (exact) mass is 1020 g/mol. The lowest BCUT2D eigenvalue weighted by Gasteiger charge is -2.38. The highest BCUT2D eigenvalue weighted by molar-refractivity contribution is 7.59. The molecule has 2 atom stereocenters. The lowest BCUT2D eigenvalue weighted by atomic mass is 9.87. The van der Waals surface area contributed by atoms with Crippen molar-refractivity contribution in [2.24, 2.45) is 11.7 Å². The van der Waals surface area contributed by atoms with E-state index in [-0.39, 0.29) is 74.5 Å². The number of para-hydroxylation sites is 1. The number of piperidine rings is 2. The van der Waals surface area contributed by atoms with E-state index in [2.05, 4.69) is 25.8 Å². The standard InChI is InChI=1S/C52H62N10O10.H2S/c53-48(66)46-47(35-9-12-38(13-10-35)72-37-6-2-1-3-7-37)57-62-41(17-20-55-49(46)62)34-18-23-60(24-19-34)45(65)33-71-31-30-70-29-21-54-43(63)8-4-5-22-58-25-27-59(28-26-58)36-11-14-39-40(32-36)52(69)61(51(39)68)42-15-16-44(64)56-50(42)67;/h1-3,6-7,9-14,32,34,41-42,55H,4-5,8,15-31,33H2,(H2,53,66)(H,54,63)(H,56,64,67);1H2/t41-,42?;/m0./s1.